The Kier molecular flexibility index (Phi) is 7.54. The number of benzene rings is 2. The zero-order valence-corrected chi connectivity index (χ0v) is 13.7. The van der Waals surface area contributed by atoms with Gasteiger partial charge in [0.15, 0.2) is 0 Å². The molecule has 0 atom stereocenters. The van der Waals surface area contributed by atoms with Gasteiger partial charge in [0.25, 0.3) is 5.91 Å². The molecule has 24 heavy (non-hydrogen) atoms. The molecule has 0 aliphatic rings. The number of carbonyl (C=O) groups is 2. The Balaban J connectivity index is 1.50. The zero-order chi connectivity index (χ0) is 17.0. The van der Waals surface area contributed by atoms with E-state index in [4.69, 9.17) is 4.74 Å². The van der Waals surface area contributed by atoms with Crippen molar-refractivity contribution in [3.63, 3.8) is 0 Å². The lowest BCUT2D eigenvalue weighted by molar-refractivity contribution is -0.145. The van der Waals surface area contributed by atoms with Crippen LogP contribution in [-0.2, 0) is 16.1 Å². The molecule has 1 N–H and O–H groups in total. The molecular weight excluding hydrogens is 302 g/mol. The van der Waals surface area contributed by atoms with E-state index in [-0.39, 0.29) is 11.9 Å². The van der Waals surface area contributed by atoms with Crippen LogP contribution in [0.2, 0.25) is 0 Å². The number of esters is 1. The van der Waals surface area contributed by atoms with Gasteiger partial charge in [-0.15, -0.1) is 0 Å². The summed E-state index contributed by atoms with van der Waals surface area (Å²) in [4.78, 5) is 23.5. The number of nitrogens with one attached hydrogen (secondary N) is 1. The quantitative estimate of drug-likeness (QED) is 0.565. The molecule has 0 radical (unpaired) electrons. The highest BCUT2D eigenvalue weighted by molar-refractivity contribution is 5.94. The van der Waals surface area contributed by atoms with Gasteiger partial charge in [0, 0.05) is 18.5 Å². The van der Waals surface area contributed by atoms with Gasteiger partial charge in [-0.3, -0.25) is 9.59 Å². The molecule has 0 unspecified atom stereocenters. The third-order valence-corrected chi connectivity index (χ3v) is 3.62. The Morgan fingerprint density at radius 2 is 1.50 bits per heavy atom. The molecule has 2 aromatic carbocycles. The highest BCUT2D eigenvalue weighted by atomic mass is 16.5. The summed E-state index contributed by atoms with van der Waals surface area (Å²) in [6.45, 7) is 0.944. The average molecular weight is 325 g/mol. The van der Waals surface area contributed by atoms with E-state index in [1.807, 2.05) is 48.5 Å². The van der Waals surface area contributed by atoms with Gasteiger partial charge in [-0.1, -0.05) is 55.0 Å². The van der Waals surface area contributed by atoms with Crippen LogP contribution in [0.5, 0.6) is 0 Å². The zero-order valence-electron chi connectivity index (χ0n) is 13.7. The van der Waals surface area contributed by atoms with E-state index < -0.39 is 0 Å². The van der Waals surface area contributed by atoms with Crippen LogP contribution < -0.4 is 5.32 Å². The molecule has 0 aromatic heterocycles. The van der Waals surface area contributed by atoms with E-state index in [1.165, 1.54) is 0 Å². The van der Waals surface area contributed by atoms with E-state index in [2.05, 4.69) is 5.32 Å². The molecule has 2 aromatic rings. The minimum atomic E-state index is -0.174. The van der Waals surface area contributed by atoms with Gasteiger partial charge in [0.1, 0.15) is 6.61 Å². The fourth-order valence-corrected chi connectivity index (χ4v) is 2.27. The van der Waals surface area contributed by atoms with Gasteiger partial charge >= 0.3 is 5.97 Å². The first-order valence-corrected chi connectivity index (χ1v) is 8.28. The Bertz CT molecular complexity index is 626. The van der Waals surface area contributed by atoms with E-state index >= 15 is 0 Å². The van der Waals surface area contributed by atoms with E-state index in [1.54, 1.807) is 12.1 Å². The second-order valence-electron chi connectivity index (χ2n) is 5.58. The minimum absolute atomic E-state index is 0.0575. The Labute approximate surface area is 142 Å². The molecule has 126 valence electrons. The maximum Gasteiger partial charge on any atom is 0.306 e. The maximum atomic E-state index is 11.8. The number of carbonyl (C=O) groups excluding carboxylic acids is 2. The molecule has 0 fully saturated rings. The van der Waals surface area contributed by atoms with Crippen LogP contribution in [0.25, 0.3) is 0 Å². The molecule has 0 aliphatic carbocycles. The molecule has 0 saturated carbocycles. The van der Waals surface area contributed by atoms with Crippen LogP contribution in [0.3, 0.4) is 0 Å². The van der Waals surface area contributed by atoms with Crippen molar-refractivity contribution in [2.45, 2.75) is 32.3 Å². The van der Waals surface area contributed by atoms with Crippen LogP contribution in [0, 0.1) is 0 Å². The van der Waals surface area contributed by atoms with Gasteiger partial charge in [-0.05, 0) is 30.5 Å². The fourth-order valence-electron chi connectivity index (χ4n) is 2.27. The van der Waals surface area contributed by atoms with Crippen molar-refractivity contribution in [3.05, 3.63) is 71.8 Å². The fraction of sp³-hybridized carbons (Fsp3) is 0.300. The van der Waals surface area contributed by atoms with E-state index in [9.17, 15) is 9.59 Å². The summed E-state index contributed by atoms with van der Waals surface area (Å²) in [5.41, 5.74) is 1.66. The van der Waals surface area contributed by atoms with Gasteiger partial charge < -0.3 is 10.1 Å². The van der Waals surface area contributed by atoms with E-state index in [0.29, 0.717) is 25.1 Å². The second kappa shape index (κ2) is 10.2. The van der Waals surface area contributed by atoms with Crippen molar-refractivity contribution in [3.8, 4) is 0 Å². The maximum absolute atomic E-state index is 11.8. The highest BCUT2D eigenvalue weighted by Gasteiger charge is 2.05. The number of rotatable bonds is 9. The molecule has 0 spiro atoms. The molecule has 0 heterocycles. The molecule has 4 nitrogen and oxygen atoms in total. The lowest BCUT2D eigenvalue weighted by Gasteiger charge is -2.06. The van der Waals surface area contributed by atoms with Crippen LogP contribution in [0.15, 0.2) is 60.7 Å². The highest BCUT2D eigenvalue weighted by Crippen LogP contribution is 2.05. The van der Waals surface area contributed by atoms with Crippen molar-refractivity contribution in [2.24, 2.45) is 0 Å². The molecule has 1 amide bonds. The minimum Gasteiger partial charge on any atom is -0.461 e. The number of unbranched alkanes of at least 4 members (excludes halogenated alkanes) is 2. The summed E-state index contributed by atoms with van der Waals surface area (Å²) in [5.74, 6) is -0.231. The van der Waals surface area contributed by atoms with Crippen molar-refractivity contribution < 1.29 is 14.3 Å². The lowest BCUT2D eigenvalue weighted by Crippen LogP contribution is -2.24. The second-order valence-corrected chi connectivity index (χ2v) is 5.58. The summed E-state index contributed by atoms with van der Waals surface area (Å²) in [6.07, 6.45) is 2.92. The number of hydrogen-bond acceptors (Lipinski definition) is 3. The summed E-state index contributed by atoms with van der Waals surface area (Å²) < 4.78 is 5.22. The van der Waals surface area contributed by atoms with Gasteiger partial charge in [-0.2, -0.15) is 0 Å². The van der Waals surface area contributed by atoms with Gasteiger partial charge in [0.2, 0.25) is 0 Å². The van der Waals surface area contributed by atoms with Gasteiger partial charge in [-0.25, -0.2) is 0 Å². The van der Waals surface area contributed by atoms with Crippen LogP contribution >= 0.6 is 0 Å². The van der Waals surface area contributed by atoms with Crippen LogP contribution in [-0.4, -0.2) is 18.4 Å². The summed E-state index contributed by atoms with van der Waals surface area (Å²) in [6, 6.07) is 18.8. The van der Waals surface area contributed by atoms with Gasteiger partial charge in [0.05, 0.1) is 0 Å². The molecule has 0 saturated heterocycles. The standard InChI is InChI=1S/C20H23NO3/c22-19(24-16-17-10-4-1-5-11-17)14-8-3-9-15-21-20(23)18-12-6-2-7-13-18/h1-2,4-7,10-13H,3,8-9,14-16H2,(H,21,23). The Morgan fingerprint density at radius 1 is 0.833 bits per heavy atom. The summed E-state index contributed by atoms with van der Waals surface area (Å²) in [5, 5.41) is 2.88. The topological polar surface area (TPSA) is 55.4 Å². The molecule has 4 heteroatoms. The largest absolute Gasteiger partial charge is 0.461 e. The van der Waals surface area contributed by atoms with Crippen molar-refractivity contribution in [1.29, 1.82) is 0 Å². The molecular formula is C20H23NO3. The molecule has 0 aliphatic heterocycles. The molecule has 0 bridgehead atoms. The SMILES string of the molecule is O=C(CCCCCNC(=O)c1ccccc1)OCc1ccccc1. The summed E-state index contributed by atoms with van der Waals surface area (Å²) >= 11 is 0. The first kappa shape index (κ1) is 17.7. The monoisotopic (exact) mass is 325 g/mol. The Hall–Kier alpha value is -2.62. The van der Waals surface area contributed by atoms with Crippen molar-refractivity contribution in [2.75, 3.05) is 6.54 Å². The number of ether oxygens (including phenoxy) is 1. The van der Waals surface area contributed by atoms with Crippen molar-refractivity contribution >= 4 is 11.9 Å². The smallest absolute Gasteiger partial charge is 0.306 e. The Morgan fingerprint density at radius 3 is 2.21 bits per heavy atom. The number of hydrogen-bond donors (Lipinski definition) is 1. The van der Waals surface area contributed by atoms with Crippen LogP contribution in [0.4, 0.5) is 0 Å². The lowest BCUT2D eigenvalue weighted by atomic mass is 10.2. The average Bonchev–Trinajstić information content (AvgIpc) is 2.64. The van der Waals surface area contributed by atoms with Crippen LogP contribution in [0.1, 0.15) is 41.6 Å². The summed E-state index contributed by atoms with van der Waals surface area (Å²) in [7, 11) is 0. The third-order valence-electron chi connectivity index (χ3n) is 3.62. The normalized spacial score (nSPS) is 10.2. The number of amides is 1. The molecule has 2 rings (SSSR count). The first-order valence-electron chi connectivity index (χ1n) is 8.28. The predicted molar refractivity (Wildman–Crippen MR) is 93.5 cm³/mol. The first-order chi connectivity index (χ1) is 11.8. The van der Waals surface area contributed by atoms with E-state index in [0.717, 1.165) is 24.8 Å². The van der Waals surface area contributed by atoms with Crippen molar-refractivity contribution in [1.82, 2.24) is 5.32 Å². The predicted octanol–water partition coefficient (Wildman–Crippen LogP) is 3.72. The third kappa shape index (κ3) is 6.65.